The number of piperidine rings is 2. The normalized spacial score (nSPS) is 29.4. The number of hydrogen-bond donors (Lipinski definition) is 1. The zero-order valence-corrected chi connectivity index (χ0v) is 33.1. The van der Waals surface area contributed by atoms with Gasteiger partial charge in [0.2, 0.25) is 5.91 Å². The predicted molar refractivity (Wildman–Crippen MR) is 209 cm³/mol. The molecular formula is C42H53F2N9O5. The number of anilines is 1. The summed E-state index contributed by atoms with van der Waals surface area (Å²) in [5.74, 6) is 2.14. The molecule has 4 aromatic rings. The van der Waals surface area contributed by atoms with Crippen LogP contribution in [-0.2, 0) is 19.1 Å². The maximum atomic E-state index is 14.3. The number of alkyl halides is 2. The molecule has 4 saturated heterocycles. The third-order valence-corrected chi connectivity index (χ3v) is 13.7. The van der Waals surface area contributed by atoms with E-state index in [1.165, 1.54) is 0 Å². The van der Waals surface area contributed by atoms with Crippen LogP contribution in [-0.4, -0.2) is 110 Å². The number of benzene rings is 1. The Hall–Kier alpha value is -4.41. The molecule has 0 radical (unpaired) electrons. The SMILES string of the molecule is Cc1nn([C@H]2CCC(=O)NC2=O)c2cccc(OC3CC(COC4CCN(CC5CCC(n6cc(-n7nccc7N7C[C@H]8C[C@@H]7CO8)c(C(F)F)n6)CC5)CC4)C3)c12. The first-order valence-electron chi connectivity index (χ1n) is 21.4. The molecule has 14 nitrogen and oxygen atoms in total. The molecule has 3 atom stereocenters. The molecule has 4 aliphatic heterocycles. The number of likely N-dealkylation sites (tertiary alicyclic amines) is 1. The molecule has 16 heteroatoms. The van der Waals surface area contributed by atoms with Gasteiger partial charge in [-0.3, -0.25) is 24.3 Å². The largest absolute Gasteiger partial charge is 0.490 e. The maximum absolute atomic E-state index is 14.3. The Balaban J connectivity index is 0.660. The molecule has 6 fully saturated rings. The van der Waals surface area contributed by atoms with E-state index in [-0.39, 0.29) is 47.9 Å². The van der Waals surface area contributed by atoms with Crippen LogP contribution >= 0.6 is 0 Å². The van der Waals surface area contributed by atoms with E-state index in [1.807, 2.05) is 31.2 Å². The zero-order valence-electron chi connectivity index (χ0n) is 33.1. The molecule has 0 unspecified atom stereocenters. The lowest BCUT2D eigenvalue weighted by Gasteiger charge is -2.38. The van der Waals surface area contributed by atoms with Gasteiger partial charge in [0.1, 0.15) is 23.3 Å². The summed E-state index contributed by atoms with van der Waals surface area (Å²) in [6.07, 6.45) is 11.0. The van der Waals surface area contributed by atoms with Crippen LogP contribution in [0.25, 0.3) is 16.6 Å². The summed E-state index contributed by atoms with van der Waals surface area (Å²) in [5.41, 5.74) is 1.82. The van der Waals surface area contributed by atoms with Gasteiger partial charge in [0.25, 0.3) is 12.3 Å². The molecule has 310 valence electrons. The van der Waals surface area contributed by atoms with E-state index in [0.717, 1.165) is 119 Å². The minimum atomic E-state index is -2.68. The molecule has 10 rings (SSSR count). The molecule has 3 aromatic heterocycles. The molecule has 58 heavy (non-hydrogen) atoms. The van der Waals surface area contributed by atoms with Crippen molar-refractivity contribution in [2.75, 3.05) is 44.3 Å². The number of nitrogens with zero attached hydrogens (tertiary/aromatic N) is 8. The van der Waals surface area contributed by atoms with E-state index in [0.29, 0.717) is 37.0 Å². The standard InChI is InChI=1S/C42H53F2N9O5/c1-25-39-33(52(47-25)34-9-10-37(54)46-42(34)55)3-2-4-36(39)58-31-17-27(18-31)23-56-30-12-15-49(16-13-30)20-26-5-7-28(8-6-26)51-22-35(40(48-51)41(43)44)53-38(11-14-45-53)50-21-32-19-29(50)24-57-32/h2-4,11,14,22,26-32,34,41H,5-10,12-13,15-21,23-24H2,1H3,(H,46,54,55)/t26?,27?,28?,29-,31?,32-,34+/m1/s1. The Kier molecular flexibility index (Phi) is 10.2. The second-order valence-electron chi connectivity index (χ2n) is 17.5. The van der Waals surface area contributed by atoms with Crippen LogP contribution in [0.4, 0.5) is 14.6 Å². The first-order chi connectivity index (χ1) is 28.2. The zero-order chi connectivity index (χ0) is 39.5. The number of fused-ring (bicyclic) bond motifs is 3. The van der Waals surface area contributed by atoms with Gasteiger partial charge in [-0.15, -0.1) is 0 Å². The van der Waals surface area contributed by atoms with Gasteiger partial charge in [-0.2, -0.15) is 15.3 Å². The molecule has 6 aliphatic rings. The number of aromatic nitrogens is 6. The van der Waals surface area contributed by atoms with Gasteiger partial charge in [-0.05, 0) is 95.1 Å². The minimum absolute atomic E-state index is 0.107. The van der Waals surface area contributed by atoms with Crippen molar-refractivity contribution in [3.63, 3.8) is 0 Å². The number of amides is 2. The molecule has 7 heterocycles. The van der Waals surface area contributed by atoms with E-state index in [1.54, 1.807) is 26.4 Å². The summed E-state index contributed by atoms with van der Waals surface area (Å²) in [6, 6.07) is 7.63. The molecule has 2 amide bonds. The molecule has 2 bridgehead atoms. The Labute approximate surface area is 336 Å². The topological polar surface area (TPSA) is 134 Å². The van der Waals surface area contributed by atoms with Gasteiger partial charge >= 0.3 is 0 Å². The number of nitrogens with one attached hydrogen (secondary N) is 1. The van der Waals surface area contributed by atoms with Crippen LogP contribution in [0.3, 0.4) is 0 Å². The number of carbonyl (C=O) groups excluding carboxylic acids is 2. The van der Waals surface area contributed by atoms with Crippen LogP contribution in [0.2, 0.25) is 0 Å². The summed E-state index contributed by atoms with van der Waals surface area (Å²) in [4.78, 5) is 29.1. The molecular weight excluding hydrogens is 749 g/mol. The van der Waals surface area contributed by atoms with Gasteiger partial charge in [-0.25, -0.2) is 13.5 Å². The number of carbonyl (C=O) groups is 2. The second kappa shape index (κ2) is 15.6. The lowest BCUT2D eigenvalue weighted by Crippen LogP contribution is -2.42. The van der Waals surface area contributed by atoms with Gasteiger partial charge in [0.15, 0.2) is 5.69 Å². The summed E-state index contributed by atoms with van der Waals surface area (Å²) < 4.78 is 52.5. The first kappa shape index (κ1) is 37.8. The van der Waals surface area contributed by atoms with E-state index in [4.69, 9.17) is 19.3 Å². The van der Waals surface area contributed by atoms with E-state index in [9.17, 15) is 18.4 Å². The predicted octanol–water partition coefficient (Wildman–Crippen LogP) is 5.69. The van der Waals surface area contributed by atoms with Crippen molar-refractivity contribution in [1.29, 1.82) is 0 Å². The maximum Gasteiger partial charge on any atom is 0.284 e. The third-order valence-electron chi connectivity index (χ3n) is 13.7. The third kappa shape index (κ3) is 7.29. The fourth-order valence-electron chi connectivity index (χ4n) is 10.4. The van der Waals surface area contributed by atoms with Crippen LogP contribution in [0.5, 0.6) is 5.75 Å². The monoisotopic (exact) mass is 801 g/mol. The van der Waals surface area contributed by atoms with Crippen molar-refractivity contribution in [3.8, 4) is 11.4 Å². The minimum Gasteiger partial charge on any atom is -0.490 e. The Morgan fingerprint density at radius 2 is 1.78 bits per heavy atom. The smallest absolute Gasteiger partial charge is 0.284 e. The van der Waals surface area contributed by atoms with Crippen LogP contribution < -0.4 is 15.0 Å². The van der Waals surface area contributed by atoms with Crippen LogP contribution in [0.1, 0.15) is 101 Å². The number of rotatable bonds is 12. The van der Waals surface area contributed by atoms with Gasteiger partial charge in [0, 0.05) is 38.7 Å². The van der Waals surface area contributed by atoms with Crippen molar-refractivity contribution >= 4 is 28.5 Å². The highest BCUT2D eigenvalue weighted by atomic mass is 19.3. The quantitative estimate of drug-likeness (QED) is 0.178. The first-order valence-corrected chi connectivity index (χ1v) is 21.4. The summed E-state index contributed by atoms with van der Waals surface area (Å²) in [6.45, 7) is 7.25. The number of ether oxygens (including phenoxy) is 3. The van der Waals surface area contributed by atoms with Gasteiger partial charge in [0.05, 0.1) is 72.6 Å². The molecule has 1 aromatic carbocycles. The Bertz CT molecular complexity index is 2130. The van der Waals surface area contributed by atoms with Crippen molar-refractivity contribution in [1.82, 2.24) is 39.6 Å². The summed E-state index contributed by atoms with van der Waals surface area (Å²) >= 11 is 0. The fourth-order valence-corrected chi connectivity index (χ4v) is 10.4. The van der Waals surface area contributed by atoms with Crippen molar-refractivity contribution in [2.24, 2.45) is 11.8 Å². The van der Waals surface area contributed by atoms with Gasteiger partial charge in [-0.1, -0.05) is 6.07 Å². The Morgan fingerprint density at radius 1 is 0.948 bits per heavy atom. The fraction of sp³-hybridized carbons (Fsp3) is 0.643. The molecule has 0 spiro atoms. The highest BCUT2D eigenvalue weighted by Crippen LogP contribution is 2.40. The number of halogens is 2. The average molecular weight is 802 g/mol. The lowest BCUT2D eigenvalue weighted by atomic mass is 9.83. The van der Waals surface area contributed by atoms with Crippen molar-refractivity contribution < 1.29 is 32.6 Å². The number of aryl methyl sites for hydroxylation is 1. The average Bonchev–Trinajstić information content (AvgIpc) is 4.06. The van der Waals surface area contributed by atoms with E-state index < -0.39 is 12.5 Å². The molecule has 1 N–H and O–H groups in total. The number of morpholine rings is 1. The summed E-state index contributed by atoms with van der Waals surface area (Å²) in [5, 5.41) is 17.0. The molecule has 2 saturated carbocycles. The highest BCUT2D eigenvalue weighted by Gasteiger charge is 2.41. The molecule has 2 aliphatic carbocycles. The summed E-state index contributed by atoms with van der Waals surface area (Å²) in [7, 11) is 0. The Morgan fingerprint density at radius 3 is 2.52 bits per heavy atom. The highest BCUT2D eigenvalue weighted by molar-refractivity contribution is 6.00. The number of hydrogen-bond acceptors (Lipinski definition) is 10. The lowest BCUT2D eigenvalue weighted by molar-refractivity contribution is -0.135. The van der Waals surface area contributed by atoms with Crippen molar-refractivity contribution in [2.45, 2.75) is 120 Å². The van der Waals surface area contributed by atoms with Gasteiger partial charge < -0.3 is 24.0 Å². The van der Waals surface area contributed by atoms with Crippen molar-refractivity contribution in [3.05, 3.63) is 48.0 Å². The van der Waals surface area contributed by atoms with Crippen LogP contribution in [0.15, 0.2) is 36.7 Å². The van der Waals surface area contributed by atoms with E-state index in [2.05, 4.69) is 25.3 Å². The van der Waals surface area contributed by atoms with E-state index >= 15 is 0 Å². The van der Waals surface area contributed by atoms with Crippen LogP contribution in [0, 0.1) is 18.8 Å². The second-order valence-corrected chi connectivity index (χ2v) is 17.5. The number of imide groups is 1.